The summed E-state index contributed by atoms with van der Waals surface area (Å²) in [6, 6.07) is -0.657. The van der Waals surface area contributed by atoms with Crippen LogP contribution in [0.2, 0.25) is 0 Å². The Morgan fingerprint density at radius 2 is 1.89 bits per heavy atom. The lowest BCUT2D eigenvalue weighted by Gasteiger charge is -2.32. The molecule has 1 saturated heterocycles. The van der Waals surface area contributed by atoms with Crippen molar-refractivity contribution in [2.24, 2.45) is 11.8 Å². The number of hydrogen-bond acceptors (Lipinski definition) is 3. The fraction of sp³-hybridized carbons (Fsp3) is 0.846. The summed E-state index contributed by atoms with van der Waals surface area (Å²) in [6.07, 6.45) is 1.54. The van der Waals surface area contributed by atoms with Crippen LogP contribution >= 0.6 is 11.8 Å². The highest BCUT2D eigenvalue weighted by molar-refractivity contribution is 8.00. The van der Waals surface area contributed by atoms with E-state index in [9.17, 15) is 14.7 Å². The molecule has 0 saturated carbocycles. The molecule has 0 aliphatic carbocycles. The normalized spacial score (nSPS) is 24.0. The van der Waals surface area contributed by atoms with Gasteiger partial charge in [0.25, 0.3) is 0 Å². The summed E-state index contributed by atoms with van der Waals surface area (Å²) in [7, 11) is 0. The standard InChI is InChI=1S/C13H23NO3S/c1-5-9(6-2)11(15)14-10(13(16)17)7-18-12(14)8(3)4/h8-10,12H,5-7H2,1-4H3,(H,16,17). The van der Waals surface area contributed by atoms with E-state index >= 15 is 0 Å². The third-order valence-corrected chi connectivity index (χ3v) is 5.10. The summed E-state index contributed by atoms with van der Waals surface area (Å²) < 4.78 is 0. The highest BCUT2D eigenvalue weighted by Crippen LogP contribution is 2.35. The van der Waals surface area contributed by atoms with Crippen molar-refractivity contribution in [3.8, 4) is 0 Å². The Labute approximate surface area is 113 Å². The van der Waals surface area contributed by atoms with Crippen molar-refractivity contribution in [2.45, 2.75) is 52.0 Å². The van der Waals surface area contributed by atoms with E-state index in [0.717, 1.165) is 12.8 Å². The fourth-order valence-corrected chi connectivity index (χ4v) is 3.84. The Bertz CT molecular complexity index is 315. The zero-order valence-electron chi connectivity index (χ0n) is 11.5. The molecule has 104 valence electrons. The summed E-state index contributed by atoms with van der Waals surface area (Å²) in [5, 5.41) is 9.25. The van der Waals surface area contributed by atoms with Crippen LogP contribution in [0.3, 0.4) is 0 Å². The molecule has 2 unspecified atom stereocenters. The summed E-state index contributed by atoms with van der Waals surface area (Å²) in [5.41, 5.74) is 0. The van der Waals surface area contributed by atoms with Crippen molar-refractivity contribution in [3.63, 3.8) is 0 Å². The van der Waals surface area contributed by atoms with Crippen molar-refractivity contribution in [3.05, 3.63) is 0 Å². The first kappa shape index (κ1) is 15.3. The first-order valence-electron chi connectivity index (χ1n) is 6.60. The quantitative estimate of drug-likeness (QED) is 0.836. The van der Waals surface area contributed by atoms with Crippen molar-refractivity contribution in [1.29, 1.82) is 0 Å². The Kier molecular flexibility index (Phi) is 5.50. The largest absolute Gasteiger partial charge is 0.480 e. The topological polar surface area (TPSA) is 57.6 Å². The maximum atomic E-state index is 12.5. The molecule has 18 heavy (non-hydrogen) atoms. The molecule has 1 N–H and O–H groups in total. The molecule has 0 aromatic heterocycles. The molecule has 1 aliphatic heterocycles. The van der Waals surface area contributed by atoms with E-state index in [2.05, 4.69) is 0 Å². The number of carboxylic acid groups (broad SMARTS) is 1. The monoisotopic (exact) mass is 273 g/mol. The number of carbonyl (C=O) groups is 2. The first-order chi connectivity index (χ1) is 8.43. The summed E-state index contributed by atoms with van der Waals surface area (Å²) in [5.74, 6) is -0.144. The zero-order chi connectivity index (χ0) is 13.9. The molecule has 1 rings (SSSR count). The van der Waals surface area contributed by atoms with Gasteiger partial charge in [-0.05, 0) is 18.8 Å². The summed E-state index contributed by atoms with van der Waals surface area (Å²) in [4.78, 5) is 25.4. The molecule has 1 amide bonds. The Balaban J connectivity index is 2.95. The van der Waals surface area contributed by atoms with E-state index in [1.54, 1.807) is 16.7 Å². The minimum absolute atomic E-state index is 0.000741. The molecule has 4 nitrogen and oxygen atoms in total. The average molecular weight is 273 g/mol. The minimum Gasteiger partial charge on any atom is -0.480 e. The van der Waals surface area contributed by atoms with Crippen LogP contribution in [-0.4, -0.2) is 39.1 Å². The number of amides is 1. The van der Waals surface area contributed by atoms with Gasteiger partial charge in [0.05, 0.1) is 5.37 Å². The maximum Gasteiger partial charge on any atom is 0.327 e. The van der Waals surface area contributed by atoms with Crippen LogP contribution < -0.4 is 0 Å². The van der Waals surface area contributed by atoms with Gasteiger partial charge in [0.15, 0.2) is 0 Å². The van der Waals surface area contributed by atoms with Gasteiger partial charge in [-0.3, -0.25) is 4.79 Å². The molecule has 1 aliphatic rings. The predicted molar refractivity (Wildman–Crippen MR) is 73.4 cm³/mol. The van der Waals surface area contributed by atoms with E-state index in [1.807, 2.05) is 27.7 Å². The third-order valence-electron chi connectivity index (χ3n) is 3.48. The first-order valence-corrected chi connectivity index (χ1v) is 7.65. The van der Waals surface area contributed by atoms with Crippen molar-refractivity contribution >= 4 is 23.6 Å². The highest BCUT2D eigenvalue weighted by atomic mass is 32.2. The Morgan fingerprint density at radius 1 is 1.33 bits per heavy atom. The van der Waals surface area contributed by atoms with Crippen molar-refractivity contribution < 1.29 is 14.7 Å². The van der Waals surface area contributed by atoms with Crippen LogP contribution in [0.5, 0.6) is 0 Å². The second-order valence-corrected chi connectivity index (χ2v) is 6.23. The smallest absolute Gasteiger partial charge is 0.327 e. The lowest BCUT2D eigenvalue weighted by Crippen LogP contribution is -2.49. The van der Waals surface area contributed by atoms with Crippen LogP contribution in [0, 0.1) is 11.8 Å². The predicted octanol–water partition coefficient (Wildman–Crippen LogP) is 2.43. The molecule has 2 atom stereocenters. The van der Waals surface area contributed by atoms with Crippen molar-refractivity contribution in [2.75, 3.05) is 5.75 Å². The lowest BCUT2D eigenvalue weighted by atomic mass is 10.00. The minimum atomic E-state index is -0.884. The average Bonchev–Trinajstić information content (AvgIpc) is 2.74. The van der Waals surface area contributed by atoms with Gasteiger partial charge in [-0.15, -0.1) is 11.8 Å². The van der Waals surface area contributed by atoms with Gasteiger partial charge in [-0.1, -0.05) is 27.7 Å². The number of carboxylic acids is 1. The number of thioether (sulfide) groups is 1. The molecule has 0 aromatic rings. The van der Waals surface area contributed by atoms with Gasteiger partial charge in [0, 0.05) is 11.7 Å². The Morgan fingerprint density at radius 3 is 2.28 bits per heavy atom. The van der Waals surface area contributed by atoms with Crippen molar-refractivity contribution in [1.82, 2.24) is 4.90 Å². The molecule has 0 aromatic carbocycles. The molecule has 0 spiro atoms. The number of aliphatic carboxylic acids is 1. The fourth-order valence-electron chi connectivity index (χ4n) is 2.36. The van der Waals surface area contributed by atoms with E-state index in [1.165, 1.54) is 0 Å². The van der Waals surface area contributed by atoms with Crippen LogP contribution in [0.25, 0.3) is 0 Å². The van der Waals surface area contributed by atoms with Gasteiger partial charge >= 0.3 is 5.97 Å². The van der Waals surface area contributed by atoms with Gasteiger partial charge in [0.1, 0.15) is 6.04 Å². The summed E-state index contributed by atoms with van der Waals surface area (Å²) >= 11 is 1.59. The van der Waals surface area contributed by atoms with Gasteiger partial charge in [0.2, 0.25) is 5.91 Å². The van der Waals surface area contributed by atoms with E-state index < -0.39 is 12.0 Å². The molecular weight excluding hydrogens is 250 g/mol. The van der Waals surface area contributed by atoms with Crippen LogP contribution in [0.4, 0.5) is 0 Å². The van der Waals surface area contributed by atoms with E-state index in [-0.39, 0.29) is 23.1 Å². The molecule has 1 heterocycles. The third kappa shape index (κ3) is 2.99. The Hall–Kier alpha value is -0.710. The molecule has 0 radical (unpaired) electrons. The second kappa shape index (κ2) is 6.45. The van der Waals surface area contributed by atoms with E-state index in [0.29, 0.717) is 5.75 Å². The molecule has 0 bridgehead atoms. The van der Waals surface area contributed by atoms with Crippen LogP contribution in [0.15, 0.2) is 0 Å². The molecule has 5 heteroatoms. The molecular formula is C13H23NO3S. The number of nitrogens with zero attached hydrogens (tertiary/aromatic N) is 1. The van der Waals surface area contributed by atoms with Gasteiger partial charge < -0.3 is 10.0 Å². The number of hydrogen-bond donors (Lipinski definition) is 1. The van der Waals surface area contributed by atoms with Gasteiger partial charge in [-0.25, -0.2) is 4.79 Å². The number of carbonyl (C=O) groups excluding carboxylic acids is 1. The highest BCUT2D eigenvalue weighted by Gasteiger charge is 2.43. The maximum absolute atomic E-state index is 12.5. The van der Waals surface area contributed by atoms with Gasteiger partial charge in [-0.2, -0.15) is 0 Å². The van der Waals surface area contributed by atoms with E-state index in [4.69, 9.17) is 0 Å². The second-order valence-electron chi connectivity index (χ2n) is 5.08. The SMILES string of the molecule is CCC(CC)C(=O)N1C(C(=O)O)CSC1C(C)C. The zero-order valence-corrected chi connectivity index (χ0v) is 12.4. The molecule has 1 fully saturated rings. The lowest BCUT2D eigenvalue weighted by molar-refractivity contribution is -0.151. The van der Waals surface area contributed by atoms with Crippen LogP contribution in [-0.2, 0) is 9.59 Å². The number of rotatable bonds is 5. The summed E-state index contributed by atoms with van der Waals surface area (Å²) in [6.45, 7) is 8.04. The van der Waals surface area contributed by atoms with Crippen LogP contribution in [0.1, 0.15) is 40.5 Å².